The normalized spacial score (nSPS) is 10.6. The van der Waals surface area contributed by atoms with Crippen LogP contribution in [0.4, 0.5) is 4.39 Å². The Hall–Kier alpha value is -3.08. The molecule has 2 aromatic carbocycles. The van der Waals surface area contributed by atoms with Crippen LogP contribution in [0.1, 0.15) is 35.2 Å². The Morgan fingerprint density at radius 2 is 1.89 bits per heavy atom. The number of methoxy groups -OCH3 is 1. The Balaban J connectivity index is 1.48. The quantitative estimate of drug-likeness (QED) is 0.333. The summed E-state index contributed by atoms with van der Waals surface area (Å²) in [5, 5.41) is 0. The van der Waals surface area contributed by atoms with Gasteiger partial charge in [0.2, 0.25) is 0 Å². The summed E-state index contributed by atoms with van der Waals surface area (Å²) in [6, 6.07) is 14.0. The first-order chi connectivity index (χ1) is 13.7. The van der Waals surface area contributed by atoms with Crippen LogP contribution in [0.15, 0.2) is 59.2 Å². The average molecular weight is 382 g/mol. The Bertz CT molecular complexity index is 903. The fourth-order valence-corrected chi connectivity index (χ4v) is 3.03. The Kier molecular flexibility index (Phi) is 6.84. The van der Waals surface area contributed by atoms with Gasteiger partial charge in [0.15, 0.2) is 11.6 Å². The topological polar surface area (TPSA) is 48.7 Å². The minimum atomic E-state index is -0.326. The zero-order valence-corrected chi connectivity index (χ0v) is 15.8. The van der Waals surface area contributed by atoms with Crippen LogP contribution in [0, 0.1) is 5.82 Å². The molecule has 0 N–H and O–H groups in total. The number of hydrogen-bond donors (Lipinski definition) is 0. The van der Waals surface area contributed by atoms with E-state index in [1.807, 2.05) is 12.1 Å². The number of hydrogen-bond acceptors (Lipinski definition) is 4. The van der Waals surface area contributed by atoms with E-state index in [2.05, 4.69) is 0 Å². The molecular weight excluding hydrogens is 359 g/mol. The van der Waals surface area contributed by atoms with Gasteiger partial charge in [0, 0.05) is 5.56 Å². The van der Waals surface area contributed by atoms with E-state index >= 15 is 0 Å². The van der Waals surface area contributed by atoms with E-state index in [1.165, 1.54) is 13.2 Å². The van der Waals surface area contributed by atoms with E-state index < -0.39 is 0 Å². The lowest BCUT2D eigenvalue weighted by Gasteiger charge is -2.11. The second-order valence-corrected chi connectivity index (χ2v) is 6.48. The molecular formula is C23H23FO4. The minimum Gasteiger partial charge on any atom is -0.494 e. The summed E-state index contributed by atoms with van der Waals surface area (Å²) >= 11 is 0. The molecule has 1 heterocycles. The molecule has 0 fully saturated rings. The average Bonchev–Trinajstić information content (AvgIpc) is 3.25. The van der Waals surface area contributed by atoms with Crippen molar-refractivity contribution in [3.63, 3.8) is 0 Å². The zero-order chi connectivity index (χ0) is 19.8. The maximum atomic E-state index is 13.7. The second kappa shape index (κ2) is 9.74. The van der Waals surface area contributed by atoms with E-state index in [0.717, 1.165) is 43.1 Å². The Labute approximate surface area is 163 Å². The molecule has 28 heavy (non-hydrogen) atoms. The number of halogens is 1. The Morgan fingerprint density at radius 3 is 2.61 bits per heavy atom. The summed E-state index contributed by atoms with van der Waals surface area (Å²) in [5.74, 6) is 1.30. The monoisotopic (exact) mass is 382 g/mol. The summed E-state index contributed by atoms with van der Waals surface area (Å²) < 4.78 is 30.0. The number of carbonyl (C=O) groups is 1. The third kappa shape index (κ3) is 5.00. The van der Waals surface area contributed by atoms with Crippen molar-refractivity contribution < 1.29 is 23.1 Å². The van der Waals surface area contributed by atoms with Crippen LogP contribution in [0.5, 0.6) is 11.5 Å². The molecule has 1 aromatic heterocycles. The number of furan rings is 1. The highest BCUT2D eigenvalue weighted by atomic mass is 19.1. The summed E-state index contributed by atoms with van der Waals surface area (Å²) in [7, 11) is 1.46. The first-order valence-corrected chi connectivity index (χ1v) is 9.29. The van der Waals surface area contributed by atoms with Gasteiger partial charge in [-0.05, 0) is 73.7 Å². The van der Waals surface area contributed by atoms with Gasteiger partial charge in [-0.15, -0.1) is 0 Å². The fraction of sp³-hybridized carbons (Fsp3) is 0.261. The predicted octanol–water partition coefficient (Wildman–Crippen LogP) is 5.70. The highest BCUT2D eigenvalue weighted by Crippen LogP contribution is 2.31. The lowest BCUT2D eigenvalue weighted by atomic mass is 10.1. The summed E-state index contributed by atoms with van der Waals surface area (Å²) in [6.07, 6.45) is 6.01. The van der Waals surface area contributed by atoms with Gasteiger partial charge >= 0.3 is 0 Å². The van der Waals surface area contributed by atoms with Crippen molar-refractivity contribution >= 4 is 6.29 Å². The minimum absolute atomic E-state index is 0.269. The maximum Gasteiger partial charge on any atom is 0.165 e. The standard InChI is InChI=1S/C23H23FO4/c1-26-23-11-8-17(15-20(23)24)6-3-2-4-12-27-22-10-9-18(16-25)14-19(22)21-7-5-13-28-21/h5,7-11,13-16H,2-4,6,12H2,1H3. The van der Waals surface area contributed by atoms with Gasteiger partial charge in [0.05, 0.1) is 25.5 Å². The van der Waals surface area contributed by atoms with Crippen molar-refractivity contribution in [1.29, 1.82) is 0 Å². The molecule has 3 rings (SSSR count). The number of aldehydes is 1. The highest BCUT2D eigenvalue weighted by molar-refractivity contribution is 5.80. The molecule has 0 atom stereocenters. The van der Waals surface area contributed by atoms with Crippen molar-refractivity contribution in [2.24, 2.45) is 0 Å². The van der Waals surface area contributed by atoms with Crippen LogP contribution >= 0.6 is 0 Å². The van der Waals surface area contributed by atoms with Crippen molar-refractivity contribution in [3.8, 4) is 22.8 Å². The van der Waals surface area contributed by atoms with Gasteiger partial charge in [-0.25, -0.2) is 4.39 Å². The lowest BCUT2D eigenvalue weighted by molar-refractivity contribution is 0.112. The van der Waals surface area contributed by atoms with E-state index in [0.29, 0.717) is 23.7 Å². The number of carbonyl (C=O) groups excluding carboxylic acids is 1. The molecule has 0 unspecified atom stereocenters. The molecule has 0 aliphatic rings. The first-order valence-electron chi connectivity index (χ1n) is 9.29. The molecule has 0 amide bonds. The smallest absolute Gasteiger partial charge is 0.165 e. The molecule has 4 nitrogen and oxygen atoms in total. The number of rotatable bonds is 10. The summed E-state index contributed by atoms with van der Waals surface area (Å²) in [5.41, 5.74) is 2.30. The summed E-state index contributed by atoms with van der Waals surface area (Å²) in [4.78, 5) is 11.0. The number of unbranched alkanes of at least 4 members (excludes halogenated alkanes) is 2. The molecule has 0 bridgehead atoms. The number of ether oxygens (including phenoxy) is 2. The van der Waals surface area contributed by atoms with Crippen LogP contribution in [0.25, 0.3) is 11.3 Å². The maximum absolute atomic E-state index is 13.7. The van der Waals surface area contributed by atoms with Crippen molar-refractivity contribution in [1.82, 2.24) is 0 Å². The molecule has 3 aromatic rings. The van der Waals surface area contributed by atoms with Gasteiger partial charge in [0.1, 0.15) is 17.8 Å². The lowest BCUT2D eigenvalue weighted by Crippen LogP contribution is -2.00. The van der Waals surface area contributed by atoms with Crippen molar-refractivity contribution in [2.45, 2.75) is 25.7 Å². The van der Waals surface area contributed by atoms with E-state index in [4.69, 9.17) is 13.9 Å². The van der Waals surface area contributed by atoms with Gasteiger partial charge in [0.25, 0.3) is 0 Å². The highest BCUT2D eigenvalue weighted by Gasteiger charge is 2.10. The van der Waals surface area contributed by atoms with Crippen LogP contribution in [0.2, 0.25) is 0 Å². The molecule has 0 aliphatic heterocycles. The van der Waals surface area contributed by atoms with Crippen LogP contribution in [-0.2, 0) is 6.42 Å². The van der Waals surface area contributed by atoms with Gasteiger partial charge in [-0.3, -0.25) is 4.79 Å². The van der Waals surface area contributed by atoms with Crippen LogP contribution in [0.3, 0.4) is 0 Å². The Morgan fingerprint density at radius 1 is 1.04 bits per heavy atom. The third-order valence-corrected chi connectivity index (χ3v) is 4.51. The largest absolute Gasteiger partial charge is 0.494 e. The third-order valence-electron chi connectivity index (χ3n) is 4.51. The van der Waals surface area contributed by atoms with E-state index in [-0.39, 0.29) is 11.6 Å². The molecule has 0 saturated heterocycles. The SMILES string of the molecule is COc1ccc(CCCCCOc2ccc(C=O)cc2-c2ccco2)cc1F. The number of aryl methyl sites for hydroxylation is 1. The predicted molar refractivity (Wildman–Crippen MR) is 106 cm³/mol. The van der Waals surface area contributed by atoms with Crippen LogP contribution in [-0.4, -0.2) is 20.0 Å². The summed E-state index contributed by atoms with van der Waals surface area (Å²) in [6.45, 7) is 0.561. The van der Waals surface area contributed by atoms with Crippen LogP contribution < -0.4 is 9.47 Å². The van der Waals surface area contributed by atoms with Gasteiger partial charge < -0.3 is 13.9 Å². The molecule has 146 valence electrons. The van der Waals surface area contributed by atoms with Gasteiger partial charge in [-0.2, -0.15) is 0 Å². The van der Waals surface area contributed by atoms with E-state index in [1.54, 1.807) is 36.6 Å². The number of benzene rings is 2. The second-order valence-electron chi connectivity index (χ2n) is 6.48. The molecule has 0 radical (unpaired) electrons. The first kappa shape index (κ1) is 19.7. The molecule has 0 aliphatic carbocycles. The molecule has 0 saturated carbocycles. The van der Waals surface area contributed by atoms with Crippen molar-refractivity contribution in [2.75, 3.05) is 13.7 Å². The fourth-order valence-electron chi connectivity index (χ4n) is 3.03. The van der Waals surface area contributed by atoms with Gasteiger partial charge in [-0.1, -0.05) is 6.07 Å². The molecule has 5 heteroatoms. The van der Waals surface area contributed by atoms with E-state index in [9.17, 15) is 9.18 Å². The zero-order valence-electron chi connectivity index (χ0n) is 15.8. The van der Waals surface area contributed by atoms with Crippen molar-refractivity contribution in [3.05, 3.63) is 71.7 Å². The molecule has 0 spiro atoms.